The Labute approximate surface area is 137 Å². The van der Waals surface area contributed by atoms with E-state index in [1.807, 2.05) is 13.8 Å². The summed E-state index contributed by atoms with van der Waals surface area (Å²) < 4.78 is 25.3. The Kier molecular flexibility index (Phi) is 5.80. The maximum absolute atomic E-state index is 11.8. The summed E-state index contributed by atoms with van der Waals surface area (Å²) in [6.45, 7) is 7.48. The Morgan fingerprint density at radius 2 is 2.04 bits per heavy atom. The van der Waals surface area contributed by atoms with E-state index in [4.69, 9.17) is 0 Å². The average molecular weight is 342 g/mol. The molecular weight excluding hydrogens is 316 g/mol. The minimum absolute atomic E-state index is 0.157. The number of anilines is 1. The summed E-state index contributed by atoms with van der Waals surface area (Å²) in [5, 5.41) is 3.22. The minimum atomic E-state index is -3.08. The van der Waals surface area contributed by atoms with E-state index in [1.54, 1.807) is 11.2 Å². The van der Waals surface area contributed by atoms with Gasteiger partial charge in [-0.2, -0.15) is 0 Å². The number of hydrogen-bond acceptors (Lipinski definition) is 5. The first-order valence-electron chi connectivity index (χ1n) is 8.14. The summed E-state index contributed by atoms with van der Waals surface area (Å²) in [6.07, 6.45) is 1.65. The van der Waals surface area contributed by atoms with E-state index in [2.05, 4.69) is 15.3 Å². The lowest BCUT2D eigenvalue weighted by Crippen LogP contribution is -2.40. The van der Waals surface area contributed by atoms with Crippen molar-refractivity contribution in [1.82, 2.24) is 14.3 Å². The normalized spacial score (nSPS) is 17.6. The first-order chi connectivity index (χ1) is 10.8. The number of sulfonamides is 1. The first-order valence-corrected chi connectivity index (χ1v) is 9.75. The van der Waals surface area contributed by atoms with Crippen LogP contribution in [0.15, 0.2) is 10.9 Å². The quantitative estimate of drug-likeness (QED) is 0.814. The van der Waals surface area contributed by atoms with Crippen LogP contribution in [0.3, 0.4) is 0 Å². The summed E-state index contributed by atoms with van der Waals surface area (Å²) in [7, 11) is -3.08. The molecule has 1 fully saturated rings. The molecule has 8 heteroatoms. The third-order valence-corrected chi connectivity index (χ3v) is 6.09. The molecule has 0 atom stereocenters. The second-order valence-electron chi connectivity index (χ2n) is 6.29. The molecule has 2 N–H and O–H groups in total. The number of aromatic amines is 1. The van der Waals surface area contributed by atoms with Crippen molar-refractivity contribution in [2.45, 2.75) is 39.5 Å². The third-order valence-electron chi connectivity index (χ3n) is 4.21. The van der Waals surface area contributed by atoms with Gasteiger partial charge in [-0.15, -0.1) is 0 Å². The van der Waals surface area contributed by atoms with E-state index < -0.39 is 10.0 Å². The SMILES string of the molecule is CCS(=O)(=O)N1CCC(CNc2cc(=O)[nH]c(C(C)C)n2)CC1. The highest BCUT2D eigenvalue weighted by Gasteiger charge is 2.26. The third kappa shape index (κ3) is 4.78. The molecule has 0 unspecified atom stereocenters. The van der Waals surface area contributed by atoms with Crippen molar-refractivity contribution >= 4 is 15.8 Å². The van der Waals surface area contributed by atoms with Gasteiger partial charge in [-0.05, 0) is 25.7 Å². The van der Waals surface area contributed by atoms with Crippen molar-refractivity contribution in [3.05, 3.63) is 22.2 Å². The fourth-order valence-electron chi connectivity index (χ4n) is 2.66. The monoisotopic (exact) mass is 342 g/mol. The summed E-state index contributed by atoms with van der Waals surface area (Å²) in [5.74, 6) is 1.96. The van der Waals surface area contributed by atoms with Gasteiger partial charge < -0.3 is 10.3 Å². The Hall–Kier alpha value is -1.41. The van der Waals surface area contributed by atoms with Gasteiger partial charge in [0.2, 0.25) is 10.0 Å². The van der Waals surface area contributed by atoms with Crippen LogP contribution >= 0.6 is 0 Å². The Bertz CT molecular complexity index is 676. The number of H-pyrrole nitrogens is 1. The van der Waals surface area contributed by atoms with Crippen molar-refractivity contribution in [3.63, 3.8) is 0 Å². The van der Waals surface area contributed by atoms with E-state index in [9.17, 15) is 13.2 Å². The molecule has 2 rings (SSSR count). The molecule has 1 aliphatic heterocycles. The van der Waals surface area contributed by atoms with Crippen molar-refractivity contribution < 1.29 is 8.42 Å². The highest BCUT2D eigenvalue weighted by molar-refractivity contribution is 7.89. The predicted molar refractivity (Wildman–Crippen MR) is 91.2 cm³/mol. The Morgan fingerprint density at radius 1 is 1.39 bits per heavy atom. The average Bonchev–Trinajstić information content (AvgIpc) is 2.52. The smallest absolute Gasteiger partial charge is 0.252 e. The molecule has 1 aromatic heterocycles. The maximum Gasteiger partial charge on any atom is 0.252 e. The molecule has 0 saturated carbocycles. The molecule has 0 radical (unpaired) electrons. The molecule has 0 aromatic carbocycles. The van der Waals surface area contributed by atoms with Crippen LogP contribution in [0.2, 0.25) is 0 Å². The number of aromatic nitrogens is 2. The molecule has 1 aromatic rings. The van der Waals surface area contributed by atoms with Crippen LogP contribution in [0.1, 0.15) is 45.4 Å². The zero-order valence-corrected chi connectivity index (χ0v) is 14.8. The first kappa shape index (κ1) is 17.9. The molecule has 1 saturated heterocycles. The van der Waals surface area contributed by atoms with Gasteiger partial charge in [0.25, 0.3) is 5.56 Å². The van der Waals surface area contributed by atoms with Gasteiger partial charge >= 0.3 is 0 Å². The van der Waals surface area contributed by atoms with Crippen molar-refractivity contribution in [2.24, 2.45) is 5.92 Å². The van der Waals surface area contributed by atoms with Gasteiger partial charge in [-0.25, -0.2) is 17.7 Å². The Balaban J connectivity index is 1.90. The molecule has 0 aliphatic carbocycles. The van der Waals surface area contributed by atoms with Gasteiger partial charge in [0.05, 0.1) is 5.75 Å². The molecule has 1 aliphatic rings. The van der Waals surface area contributed by atoms with Gasteiger partial charge in [-0.1, -0.05) is 13.8 Å². The topological polar surface area (TPSA) is 95.2 Å². The van der Waals surface area contributed by atoms with Gasteiger partial charge in [0, 0.05) is 31.6 Å². The minimum Gasteiger partial charge on any atom is -0.370 e. The van der Waals surface area contributed by atoms with E-state index in [0.717, 1.165) is 12.8 Å². The maximum atomic E-state index is 11.8. The van der Waals surface area contributed by atoms with Crippen LogP contribution < -0.4 is 10.9 Å². The van der Waals surface area contributed by atoms with Crippen LogP contribution in [0.25, 0.3) is 0 Å². The predicted octanol–water partition coefficient (Wildman–Crippen LogP) is 1.37. The molecule has 0 bridgehead atoms. The van der Waals surface area contributed by atoms with Gasteiger partial charge in [0.1, 0.15) is 11.6 Å². The number of hydrogen-bond donors (Lipinski definition) is 2. The molecule has 130 valence electrons. The number of piperidine rings is 1. The second kappa shape index (κ2) is 7.44. The van der Waals surface area contributed by atoms with Gasteiger partial charge in [0.15, 0.2) is 0 Å². The van der Waals surface area contributed by atoms with Crippen LogP contribution in [-0.2, 0) is 10.0 Å². The molecule has 2 heterocycles. The highest BCUT2D eigenvalue weighted by atomic mass is 32.2. The lowest BCUT2D eigenvalue weighted by Gasteiger charge is -2.31. The van der Waals surface area contributed by atoms with Gasteiger partial charge in [-0.3, -0.25) is 4.79 Å². The largest absolute Gasteiger partial charge is 0.370 e. The highest BCUT2D eigenvalue weighted by Crippen LogP contribution is 2.20. The zero-order valence-electron chi connectivity index (χ0n) is 14.0. The summed E-state index contributed by atoms with van der Waals surface area (Å²) in [5.41, 5.74) is -0.157. The number of nitrogens with zero attached hydrogens (tertiary/aromatic N) is 2. The Morgan fingerprint density at radius 3 is 2.61 bits per heavy atom. The standard InChI is InChI=1S/C15H26N4O3S/c1-4-23(21,22)19-7-5-12(6-8-19)10-16-13-9-14(20)18-15(17-13)11(2)3/h9,11-12H,4-8,10H2,1-3H3,(H2,16,17,18,20). The molecule has 23 heavy (non-hydrogen) atoms. The summed E-state index contributed by atoms with van der Waals surface area (Å²) in [4.78, 5) is 18.8. The van der Waals surface area contributed by atoms with Crippen molar-refractivity contribution in [1.29, 1.82) is 0 Å². The van der Waals surface area contributed by atoms with Crippen molar-refractivity contribution in [3.8, 4) is 0 Å². The lowest BCUT2D eigenvalue weighted by molar-refractivity contribution is 0.282. The van der Waals surface area contributed by atoms with Crippen molar-refractivity contribution in [2.75, 3.05) is 30.7 Å². The summed E-state index contributed by atoms with van der Waals surface area (Å²) in [6, 6.07) is 1.46. The van der Waals surface area contributed by atoms with Crippen LogP contribution in [0.4, 0.5) is 5.82 Å². The van der Waals surface area contributed by atoms with E-state index in [-0.39, 0.29) is 17.2 Å². The number of rotatable bonds is 6. The van der Waals surface area contributed by atoms with Crippen LogP contribution in [-0.4, -0.2) is 48.1 Å². The fraction of sp³-hybridized carbons (Fsp3) is 0.733. The molecular formula is C15H26N4O3S. The molecule has 0 amide bonds. The van der Waals surface area contributed by atoms with Crippen LogP contribution in [0.5, 0.6) is 0 Å². The van der Waals surface area contributed by atoms with E-state index in [1.165, 1.54) is 6.07 Å². The molecule has 0 spiro atoms. The summed E-state index contributed by atoms with van der Waals surface area (Å²) >= 11 is 0. The zero-order chi connectivity index (χ0) is 17.0. The second-order valence-corrected chi connectivity index (χ2v) is 8.55. The van der Waals surface area contributed by atoms with E-state index >= 15 is 0 Å². The molecule has 7 nitrogen and oxygen atoms in total. The number of nitrogens with one attached hydrogen (secondary N) is 2. The lowest BCUT2D eigenvalue weighted by atomic mass is 9.98. The van der Waals surface area contributed by atoms with Crippen LogP contribution in [0, 0.1) is 5.92 Å². The van der Waals surface area contributed by atoms with E-state index in [0.29, 0.717) is 37.2 Å². The fourth-order valence-corrected chi connectivity index (χ4v) is 3.80.